The van der Waals surface area contributed by atoms with Gasteiger partial charge in [0.2, 0.25) is 5.91 Å². The number of aryl methyl sites for hydroxylation is 1. The van der Waals surface area contributed by atoms with E-state index in [-0.39, 0.29) is 5.91 Å². The van der Waals surface area contributed by atoms with Gasteiger partial charge in [0, 0.05) is 68.3 Å². The predicted molar refractivity (Wildman–Crippen MR) is 124 cm³/mol. The van der Waals surface area contributed by atoms with Crippen molar-refractivity contribution in [1.29, 1.82) is 0 Å². The predicted octanol–water partition coefficient (Wildman–Crippen LogP) is 3.42. The molecule has 3 rings (SSSR count). The van der Waals surface area contributed by atoms with Crippen LogP contribution in [0.2, 0.25) is 0 Å². The molecule has 1 aliphatic heterocycles. The molecule has 1 aliphatic rings. The third-order valence-corrected chi connectivity index (χ3v) is 5.70. The highest BCUT2D eigenvalue weighted by Crippen LogP contribution is 2.16. The Balaban J connectivity index is 1.40. The number of nitrogens with one attached hydrogen (secondary N) is 1. The Kier molecular flexibility index (Phi) is 7.69. The van der Waals surface area contributed by atoms with E-state index in [0.29, 0.717) is 12.3 Å². The summed E-state index contributed by atoms with van der Waals surface area (Å²) in [6, 6.07) is 12.6. The lowest BCUT2D eigenvalue weighted by molar-refractivity contribution is -0.121. The summed E-state index contributed by atoms with van der Waals surface area (Å²) in [4.78, 5) is 16.9. The van der Waals surface area contributed by atoms with E-state index in [1.54, 1.807) is 6.21 Å². The highest BCUT2D eigenvalue weighted by Gasteiger charge is 2.17. The second-order valence-corrected chi connectivity index (χ2v) is 8.54. The van der Waals surface area contributed by atoms with E-state index < -0.39 is 0 Å². The van der Waals surface area contributed by atoms with Crippen LogP contribution in [0.25, 0.3) is 0 Å². The standard InChI is InChI=1S/C24H35N5O/c1-19(2)18-29-20(3)16-22(21(29)4)17-25-26-24(30)10-11-27-12-14-28(15-13-27)23-8-6-5-7-9-23/h5-9,16-17,19H,10-15,18H2,1-4H3,(H,26,30)/b25-17-. The third-order valence-electron chi connectivity index (χ3n) is 5.70. The number of benzene rings is 1. The van der Waals surface area contributed by atoms with Gasteiger partial charge in [-0.3, -0.25) is 9.69 Å². The molecule has 1 aromatic heterocycles. The van der Waals surface area contributed by atoms with Crippen molar-refractivity contribution in [2.24, 2.45) is 11.0 Å². The van der Waals surface area contributed by atoms with Gasteiger partial charge in [-0.25, -0.2) is 5.43 Å². The quantitative estimate of drug-likeness (QED) is 0.537. The van der Waals surface area contributed by atoms with Crippen molar-refractivity contribution in [2.45, 2.75) is 40.7 Å². The molecule has 162 valence electrons. The first-order chi connectivity index (χ1) is 14.4. The van der Waals surface area contributed by atoms with Crippen LogP contribution in [0.3, 0.4) is 0 Å². The van der Waals surface area contributed by atoms with Gasteiger partial charge in [-0.15, -0.1) is 0 Å². The van der Waals surface area contributed by atoms with Gasteiger partial charge >= 0.3 is 0 Å². The van der Waals surface area contributed by atoms with Crippen LogP contribution < -0.4 is 10.3 Å². The second kappa shape index (κ2) is 10.4. The summed E-state index contributed by atoms with van der Waals surface area (Å²) in [5.74, 6) is 0.557. The number of hydrazone groups is 1. The molecule has 1 amide bonds. The largest absolute Gasteiger partial charge is 0.369 e. The summed E-state index contributed by atoms with van der Waals surface area (Å²) >= 11 is 0. The van der Waals surface area contributed by atoms with Crippen LogP contribution in [0.1, 0.15) is 37.2 Å². The van der Waals surface area contributed by atoms with Crippen molar-refractivity contribution in [2.75, 3.05) is 37.6 Å². The van der Waals surface area contributed by atoms with Crippen LogP contribution in [-0.2, 0) is 11.3 Å². The van der Waals surface area contributed by atoms with E-state index in [4.69, 9.17) is 0 Å². The minimum absolute atomic E-state index is 0.0345. The molecule has 2 heterocycles. The first-order valence-corrected chi connectivity index (χ1v) is 10.9. The minimum Gasteiger partial charge on any atom is -0.369 e. The van der Waals surface area contributed by atoms with Crippen molar-refractivity contribution < 1.29 is 4.79 Å². The van der Waals surface area contributed by atoms with Crippen molar-refractivity contribution in [3.8, 4) is 0 Å². The molecular weight excluding hydrogens is 374 g/mol. The maximum absolute atomic E-state index is 12.2. The second-order valence-electron chi connectivity index (χ2n) is 8.54. The van der Waals surface area contributed by atoms with Crippen LogP contribution >= 0.6 is 0 Å². The van der Waals surface area contributed by atoms with Gasteiger partial charge in [0.25, 0.3) is 0 Å². The molecule has 1 N–H and O–H groups in total. The van der Waals surface area contributed by atoms with Crippen molar-refractivity contribution in [3.63, 3.8) is 0 Å². The minimum atomic E-state index is -0.0345. The Morgan fingerprint density at radius 3 is 2.50 bits per heavy atom. The number of rotatable bonds is 8. The van der Waals surface area contributed by atoms with Crippen LogP contribution in [0.5, 0.6) is 0 Å². The first-order valence-electron chi connectivity index (χ1n) is 10.9. The summed E-state index contributed by atoms with van der Waals surface area (Å²) in [5, 5.41) is 4.19. The summed E-state index contributed by atoms with van der Waals surface area (Å²) in [7, 11) is 0. The molecule has 1 fully saturated rings. The van der Waals surface area contributed by atoms with E-state index in [1.165, 1.54) is 17.1 Å². The molecule has 6 heteroatoms. The first kappa shape index (κ1) is 22.1. The van der Waals surface area contributed by atoms with Crippen LogP contribution in [-0.4, -0.2) is 54.3 Å². The summed E-state index contributed by atoms with van der Waals surface area (Å²) < 4.78 is 2.31. The Bertz CT molecular complexity index is 848. The zero-order valence-corrected chi connectivity index (χ0v) is 18.8. The fraction of sp³-hybridized carbons (Fsp3) is 0.500. The van der Waals surface area contributed by atoms with E-state index in [1.807, 2.05) is 6.07 Å². The Morgan fingerprint density at radius 1 is 1.13 bits per heavy atom. The lowest BCUT2D eigenvalue weighted by Crippen LogP contribution is -2.47. The van der Waals surface area contributed by atoms with Gasteiger partial charge < -0.3 is 9.47 Å². The van der Waals surface area contributed by atoms with Gasteiger partial charge in [-0.1, -0.05) is 32.0 Å². The lowest BCUT2D eigenvalue weighted by Gasteiger charge is -2.36. The van der Waals surface area contributed by atoms with Gasteiger partial charge in [-0.05, 0) is 38.0 Å². The molecule has 1 aromatic carbocycles. The van der Waals surface area contributed by atoms with Gasteiger partial charge in [0.05, 0.1) is 6.21 Å². The average Bonchev–Trinajstić information content (AvgIpc) is 3.00. The molecule has 0 aliphatic carbocycles. The molecule has 0 unspecified atom stereocenters. The van der Waals surface area contributed by atoms with Crippen molar-refractivity contribution in [1.82, 2.24) is 14.9 Å². The maximum Gasteiger partial charge on any atom is 0.241 e. The fourth-order valence-electron chi connectivity index (χ4n) is 3.96. The van der Waals surface area contributed by atoms with Gasteiger partial charge in [0.15, 0.2) is 0 Å². The molecule has 0 bridgehead atoms. The average molecular weight is 410 g/mol. The Hall–Kier alpha value is -2.60. The SMILES string of the molecule is Cc1cc(/C=N\NC(=O)CCN2CCN(c3ccccc3)CC2)c(C)n1CC(C)C. The van der Waals surface area contributed by atoms with Crippen LogP contribution in [0, 0.1) is 19.8 Å². The molecule has 0 saturated carbocycles. The maximum atomic E-state index is 12.2. The highest BCUT2D eigenvalue weighted by atomic mass is 16.2. The number of carbonyl (C=O) groups is 1. The molecule has 30 heavy (non-hydrogen) atoms. The number of para-hydroxylation sites is 1. The van der Waals surface area contributed by atoms with Crippen molar-refractivity contribution >= 4 is 17.8 Å². The number of piperazine rings is 1. The van der Waals surface area contributed by atoms with E-state index in [0.717, 1.165) is 44.8 Å². The molecule has 0 spiro atoms. The molecule has 0 radical (unpaired) electrons. The molecule has 0 atom stereocenters. The van der Waals surface area contributed by atoms with Gasteiger partial charge in [-0.2, -0.15) is 5.10 Å². The van der Waals surface area contributed by atoms with E-state index in [9.17, 15) is 4.79 Å². The lowest BCUT2D eigenvalue weighted by atomic mass is 10.2. The van der Waals surface area contributed by atoms with Gasteiger partial charge in [0.1, 0.15) is 0 Å². The topological polar surface area (TPSA) is 52.9 Å². The number of amides is 1. The Labute approximate surface area is 180 Å². The number of anilines is 1. The van der Waals surface area contributed by atoms with Crippen molar-refractivity contribution in [3.05, 3.63) is 53.3 Å². The molecule has 2 aromatic rings. The monoisotopic (exact) mass is 409 g/mol. The number of aromatic nitrogens is 1. The number of carbonyl (C=O) groups excluding carboxylic acids is 1. The molecule has 1 saturated heterocycles. The normalized spacial score (nSPS) is 15.3. The summed E-state index contributed by atoms with van der Waals surface area (Å²) in [6.07, 6.45) is 2.23. The van der Waals surface area contributed by atoms with E-state index >= 15 is 0 Å². The number of hydrogen-bond donors (Lipinski definition) is 1. The van der Waals surface area contributed by atoms with Crippen LogP contribution in [0.4, 0.5) is 5.69 Å². The smallest absolute Gasteiger partial charge is 0.241 e. The van der Waals surface area contributed by atoms with Crippen LogP contribution in [0.15, 0.2) is 41.5 Å². The summed E-state index contributed by atoms with van der Waals surface area (Å²) in [5.41, 5.74) is 7.44. The summed E-state index contributed by atoms with van der Waals surface area (Å²) in [6.45, 7) is 14.4. The third kappa shape index (κ3) is 5.95. The highest BCUT2D eigenvalue weighted by molar-refractivity contribution is 5.83. The number of nitrogens with zero attached hydrogens (tertiary/aromatic N) is 4. The zero-order valence-electron chi connectivity index (χ0n) is 18.8. The molecule has 6 nitrogen and oxygen atoms in total. The van der Waals surface area contributed by atoms with E-state index in [2.05, 4.69) is 82.9 Å². The zero-order chi connectivity index (χ0) is 21.5. The Morgan fingerprint density at radius 2 is 1.83 bits per heavy atom. The number of hydrogen-bond acceptors (Lipinski definition) is 4. The fourth-order valence-corrected chi connectivity index (χ4v) is 3.96. The molecular formula is C24H35N5O.